The van der Waals surface area contributed by atoms with E-state index in [0.29, 0.717) is 6.61 Å². The Balaban J connectivity index is 1.68. The number of aryl methyl sites for hydroxylation is 2. The number of hydrogen-bond donors (Lipinski definition) is 1. The van der Waals surface area contributed by atoms with Gasteiger partial charge in [-0.3, -0.25) is 0 Å². The third-order valence-corrected chi connectivity index (χ3v) is 5.73. The molecule has 0 aliphatic carbocycles. The van der Waals surface area contributed by atoms with Crippen molar-refractivity contribution in [2.24, 2.45) is 5.73 Å². The van der Waals surface area contributed by atoms with Gasteiger partial charge in [-0.25, -0.2) is 0 Å². The summed E-state index contributed by atoms with van der Waals surface area (Å²) in [4.78, 5) is 0. The molecule has 1 aromatic carbocycles. The lowest BCUT2D eigenvalue weighted by atomic mass is 9.82. The van der Waals surface area contributed by atoms with Crippen molar-refractivity contribution in [3.05, 3.63) is 35.4 Å². The van der Waals surface area contributed by atoms with Crippen molar-refractivity contribution in [2.45, 2.75) is 103 Å². The zero-order valence-corrected chi connectivity index (χ0v) is 16.8. The molecule has 0 amide bonds. The normalized spacial score (nSPS) is 22.9. The molecule has 0 aromatic heterocycles. The fourth-order valence-electron chi connectivity index (χ4n) is 3.61. The molecular formula is C23H39NO. The van der Waals surface area contributed by atoms with E-state index in [1.54, 1.807) is 0 Å². The second-order valence-electron chi connectivity index (χ2n) is 8.75. The molecule has 2 N–H and O–H groups in total. The summed E-state index contributed by atoms with van der Waals surface area (Å²) in [6.07, 6.45) is 13.6. The van der Waals surface area contributed by atoms with Crippen LogP contribution in [0.15, 0.2) is 24.3 Å². The monoisotopic (exact) mass is 345 g/mol. The first-order valence-corrected chi connectivity index (χ1v) is 10.4. The van der Waals surface area contributed by atoms with E-state index in [-0.39, 0.29) is 11.1 Å². The fourth-order valence-corrected chi connectivity index (χ4v) is 3.61. The number of rotatable bonds is 10. The maximum absolute atomic E-state index is 6.55. The lowest BCUT2D eigenvalue weighted by Gasteiger charge is -2.41. The molecule has 1 unspecified atom stereocenters. The predicted octanol–water partition coefficient (Wildman–Crippen LogP) is 5.81. The number of ether oxygens (including phenoxy) is 1. The second kappa shape index (κ2) is 9.73. The van der Waals surface area contributed by atoms with Crippen molar-refractivity contribution in [3.8, 4) is 0 Å². The van der Waals surface area contributed by atoms with Crippen LogP contribution < -0.4 is 5.73 Å². The van der Waals surface area contributed by atoms with Crippen molar-refractivity contribution < 1.29 is 4.74 Å². The van der Waals surface area contributed by atoms with E-state index in [0.717, 1.165) is 25.7 Å². The van der Waals surface area contributed by atoms with Gasteiger partial charge in [0.15, 0.2) is 0 Å². The highest BCUT2D eigenvalue weighted by atomic mass is 16.5. The molecule has 25 heavy (non-hydrogen) atoms. The highest BCUT2D eigenvalue weighted by Gasteiger charge is 2.35. The molecule has 1 saturated heterocycles. The van der Waals surface area contributed by atoms with Gasteiger partial charge in [0, 0.05) is 5.54 Å². The van der Waals surface area contributed by atoms with Crippen LogP contribution in [0.25, 0.3) is 0 Å². The molecule has 1 aliphatic rings. The summed E-state index contributed by atoms with van der Waals surface area (Å²) in [7, 11) is 0. The van der Waals surface area contributed by atoms with Crippen LogP contribution in [0.1, 0.15) is 89.7 Å². The SMILES string of the molecule is CCCCCCCCc1ccc(CCC2(N)CCC(C)(C)OC2)cc1. The van der Waals surface area contributed by atoms with Gasteiger partial charge < -0.3 is 10.5 Å². The first-order valence-electron chi connectivity index (χ1n) is 10.4. The molecule has 0 spiro atoms. The second-order valence-corrected chi connectivity index (χ2v) is 8.75. The van der Waals surface area contributed by atoms with Crippen LogP contribution in [0.5, 0.6) is 0 Å². The Bertz CT molecular complexity index is 481. The average Bonchev–Trinajstić information content (AvgIpc) is 2.60. The molecule has 1 heterocycles. The first-order chi connectivity index (χ1) is 11.9. The predicted molar refractivity (Wildman–Crippen MR) is 108 cm³/mol. The van der Waals surface area contributed by atoms with E-state index in [2.05, 4.69) is 45.0 Å². The number of hydrogen-bond acceptors (Lipinski definition) is 2. The summed E-state index contributed by atoms with van der Waals surface area (Å²) in [5.41, 5.74) is 9.28. The van der Waals surface area contributed by atoms with Crippen molar-refractivity contribution in [2.75, 3.05) is 6.61 Å². The molecule has 142 valence electrons. The summed E-state index contributed by atoms with van der Waals surface area (Å²) in [5.74, 6) is 0. The molecule has 0 radical (unpaired) electrons. The van der Waals surface area contributed by atoms with E-state index < -0.39 is 0 Å². The Morgan fingerprint density at radius 3 is 2.08 bits per heavy atom. The van der Waals surface area contributed by atoms with E-state index in [4.69, 9.17) is 10.5 Å². The fraction of sp³-hybridized carbons (Fsp3) is 0.739. The molecule has 1 aliphatic heterocycles. The van der Waals surface area contributed by atoms with E-state index in [1.165, 1.54) is 56.1 Å². The van der Waals surface area contributed by atoms with Crippen molar-refractivity contribution >= 4 is 0 Å². The van der Waals surface area contributed by atoms with Crippen LogP contribution in [0.3, 0.4) is 0 Å². The lowest BCUT2D eigenvalue weighted by Crippen LogP contribution is -2.52. The Hall–Kier alpha value is -0.860. The number of unbranched alkanes of at least 4 members (excludes halogenated alkanes) is 5. The molecular weight excluding hydrogens is 306 g/mol. The largest absolute Gasteiger partial charge is 0.374 e. The minimum atomic E-state index is -0.146. The smallest absolute Gasteiger partial charge is 0.0653 e. The average molecular weight is 346 g/mol. The van der Waals surface area contributed by atoms with E-state index in [9.17, 15) is 0 Å². The molecule has 2 rings (SSSR count). The molecule has 1 aromatic rings. The van der Waals surface area contributed by atoms with E-state index in [1.807, 2.05) is 0 Å². The van der Waals surface area contributed by atoms with Crippen molar-refractivity contribution in [3.63, 3.8) is 0 Å². The number of nitrogens with two attached hydrogens (primary N) is 1. The zero-order valence-electron chi connectivity index (χ0n) is 16.8. The Kier molecular flexibility index (Phi) is 7.96. The van der Waals surface area contributed by atoms with Crippen LogP contribution in [0.4, 0.5) is 0 Å². The Morgan fingerprint density at radius 2 is 1.48 bits per heavy atom. The molecule has 2 heteroatoms. The van der Waals surface area contributed by atoms with Crippen LogP contribution in [-0.2, 0) is 17.6 Å². The molecule has 0 saturated carbocycles. The van der Waals surface area contributed by atoms with Gasteiger partial charge in [-0.05, 0) is 63.5 Å². The maximum Gasteiger partial charge on any atom is 0.0653 e. The van der Waals surface area contributed by atoms with Gasteiger partial charge in [0.05, 0.1) is 12.2 Å². The summed E-state index contributed by atoms with van der Waals surface area (Å²) < 4.78 is 5.94. The molecule has 0 bridgehead atoms. The Labute approximate surface area is 155 Å². The van der Waals surface area contributed by atoms with Gasteiger partial charge in [0.2, 0.25) is 0 Å². The molecule has 2 nitrogen and oxygen atoms in total. The maximum atomic E-state index is 6.55. The summed E-state index contributed by atoms with van der Waals surface area (Å²) in [5, 5.41) is 0. The summed E-state index contributed by atoms with van der Waals surface area (Å²) in [6.45, 7) is 7.29. The van der Waals surface area contributed by atoms with Crippen LogP contribution >= 0.6 is 0 Å². The van der Waals surface area contributed by atoms with Gasteiger partial charge in [0.25, 0.3) is 0 Å². The third-order valence-electron chi connectivity index (χ3n) is 5.73. The van der Waals surface area contributed by atoms with Gasteiger partial charge in [0.1, 0.15) is 0 Å². The van der Waals surface area contributed by atoms with Crippen molar-refractivity contribution in [1.82, 2.24) is 0 Å². The zero-order chi connectivity index (χ0) is 18.2. The standard InChI is InChI=1S/C23H39NO/c1-4-5-6-7-8-9-10-20-11-13-21(14-12-20)15-16-23(24)18-17-22(2,3)25-19-23/h11-14H,4-10,15-19,24H2,1-3H3. The van der Waals surface area contributed by atoms with Gasteiger partial charge in [-0.1, -0.05) is 63.3 Å². The quantitative estimate of drug-likeness (QED) is 0.543. The van der Waals surface area contributed by atoms with Crippen molar-refractivity contribution in [1.29, 1.82) is 0 Å². The Morgan fingerprint density at radius 1 is 0.880 bits per heavy atom. The highest BCUT2D eigenvalue weighted by Crippen LogP contribution is 2.31. The van der Waals surface area contributed by atoms with Crippen LogP contribution in [0, 0.1) is 0 Å². The summed E-state index contributed by atoms with van der Waals surface area (Å²) in [6, 6.07) is 9.21. The van der Waals surface area contributed by atoms with Gasteiger partial charge in [-0.15, -0.1) is 0 Å². The lowest BCUT2D eigenvalue weighted by molar-refractivity contribution is -0.0867. The minimum Gasteiger partial charge on any atom is -0.374 e. The molecule has 1 fully saturated rings. The van der Waals surface area contributed by atoms with E-state index >= 15 is 0 Å². The first kappa shape index (κ1) is 20.5. The summed E-state index contributed by atoms with van der Waals surface area (Å²) >= 11 is 0. The highest BCUT2D eigenvalue weighted by molar-refractivity contribution is 5.23. The number of benzene rings is 1. The topological polar surface area (TPSA) is 35.2 Å². The molecule has 1 atom stereocenters. The van der Waals surface area contributed by atoms with Gasteiger partial charge in [-0.2, -0.15) is 0 Å². The van der Waals surface area contributed by atoms with Gasteiger partial charge >= 0.3 is 0 Å². The van der Waals surface area contributed by atoms with Crippen LogP contribution in [0.2, 0.25) is 0 Å². The van der Waals surface area contributed by atoms with Crippen LogP contribution in [-0.4, -0.2) is 17.7 Å². The third kappa shape index (κ3) is 7.50. The minimum absolute atomic E-state index is 0.00105.